The highest BCUT2D eigenvalue weighted by Gasteiger charge is 2.19. The molecule has 0 atom stereocenters. The number of aryl methyl sites for hydroxylation is 1. The molecule has 0 aliphatic carbocycles. The van der Waals surface area contributed by atoms with E-state index in [1.165, 1.54) is 12.8 Å². The van der Waals surface area contributed by atoms with Crippen LogP contribution in [0.2, 0.25) is 0 Å². The van der Waals surface area contributed by atoms with Crippen molar-refractivity contribution in [3.63, 3.8) is 0 Å². The molecule has 0 radical (unpaired) electrons. The molecule has 0 bridgehead atoms. The van der Waals surface area contributed by atoms with Crippen LogP contribution in [0, 0.1) is 17.2 Å². The molecule has 3 rings (SSSR count). The van der Waals surface area contributed by atoms with Crippen molar-refractivity contribution in [2.45, 2.75) is 39.5 Å². The van der Waals surface area contributed by atoms with Crippen LogP contribution in [-0.2, 0) is 6.42 Å². The summed E-state index contributed by atoms with van der Waals surface area (Å²) in [5, 5.41) is 17.5. The standard InChI is InChI=1S/C22H31N7.HI/c1-3-25-22(28-14-11-17(2)12-15-28)26-13-7-10-20-19(16-23)21(24)29(27-20)18-8-5-4-6-9-18;/h4-6,8-9,17H,3,7,10-15,24H2,1-2H3,(H,25,26);1H. The SMILES string of the molecule is CCNC(=NCCCc1nn(-c2ccccc2)c(N)c1C#N)N1CCC(C)CC1.I. The maximum absolute atomic E-state index is 9.54. The van der Waals surface area contributed by atoms with Crippen LogP contribution < -0.4 is 11.1 Å². The summed E-state index contributed by atoms with van der Waals surface area (Å²) in [6.07, 6.45) is 3.92. The molecule has 1 aliphatic heterocycles. The molecule has 0 spiro atoms. The van der Waals surface area contributed by atoms with Gasteiger partial charge in [-0.05, 0) is 50.7 Å². The van der Waals surface area contributed by atoms with E-state index in [0.29, 0.717) is 24.3 Å². The Morgan fingerprint density at radius 3 is 2.63 bits per heavy atom. The smallest absolute Gasteiger partial charge is 0.193 e. The molecule has 0 unspecified atom stereocenters. The average molecular weight is 521 g/mol. The normalized spacial score (nSPS) is 14.8. The number of aromatic nitrogens is 2. The van der Waals surface area contributed by atoms with E-state index in [1.54, 1.807) is 4.68 Å². The van der Waals surface area contributed by atoms with Crippen LogP contribution in [0.4, 0.5) is 5.82 Å². The minimum absolute atomic E-state index is 0. The highest BCUT2D eigenvalue weighted by atomic mass is 127. The first kappa shape index (κ1) is 24.0. The summed E-state index contributed by atoms with van der Waals surface area (Å²) in [6.45, 7) is 8.08. The fraction of sp³-hybridized carbons (Fsp3) is 0.500. The Labute approximate surface area is 196 Å². The van der Waals surface area contributed by atoms with E-state index < -0.39 is 0 Å². The van der Waals surface area contributed by atoms with Gasteiger partial charge in [0, 0.05) is 26.2 Å². The van der Waals surface area contributed by atoms with Gasteiger partial charge in [0.2, 0.25) is 0 Å². The molecule has 1 aromatic carbocycles. The lowest BCUT2D eigenvalue weighted by atomic mass is 10.00. The number of aliphatic imine (C=N–C) groups is 1. The fourth-order valence-electron chi connectivity index (χ4n) is 3.62. The summed E-state index contributed by atoms with van der Waals surface area (Å²) in [5.74, 6) is 2.19. The monoisotopic (exact) mass is 521 g/mol. The molecule has 162 valence electrons. The van der Waals surface area contributed by atoms with E-state index in [1.807, 2.05) is 30.3 Å². The number of para-hydroxylation sites is 1. The third-order valence-corrected chi connectivity index (χ3v) is 5.36. The highest BCUT2D eigenvalue weighted by molar-refractivity contribution is 14.0. The van der Waals surface area contributed by atoms with Crippen molar-refractivity contribution in [3.05, 3.63) is 41.6 Å². The largest absolute Gasteiger partial charge is 0.382 e. The number of nitriles is 1. The molecule has 8 heteroatoms. The number of hydrogen-bond donors (Lipinski definition) is 2. The van der Waals surface area contributed by atoms with Gasteiger partial charge in [-0.15, -0.1) is 24.0 Å². The van der Waals surface area contributed by atoms with E-state index in [-0.39, 0.29) is 24.0 Å². The number of nitrogen functional groups attached to an aromatic ring is 1. The maximum atomic E-state index is 9.54. The van der Waals surface area contributed by atoms with Crippen LogP contribution >= 0.6 is 24.0 Å². The molecule has 1 fully saturated rings. The van der Waals surface area contributed by atoms with Crippen LogP contribution in [0.15, 0.2) is 35.3 Å². The van der Waals surface area contributed by atoms with Gasteiger partial charge in [0.05, 0.1) is 11.4 Å². The number of likely N-dealkylation sites (tertiary alicyclic amines) is 1. The van der Waals surface area contributed by atoms with Crippen molar-refractivity contribution < 1.29 is 0 Å². The van der Waals surface area contributed by atoms with Gasteiger partial charge in [-0.3, -0.25) is 4.99 Å². The number of rotatable bonds is 6. The molecule has 2 aromatic rings. The van der Waals surface area contributed by atoms with Crippen LogP contribution in [0.3, 0.4) is 0 Å². The number of benzene rings is 1. The van der Waals surface area contributed by atoms with E-state index >= 15 is 0 Å². The Bertz CT molecular complexity index is 862. The lowest BCUT2D eigenvalue weighted by molar-refractivity contribution is 0.273. The van der Waals surface area contributed by atoms with Gasteiger partial charge in [0.25, 0.3) is 0 Å². The Balaban J connectivity index is 0.00000320. The molecular weight excluding hydrogens is 489 g/mol. The number of anilines is 1. The van der Waals surface area contributed by atoms with Gasteiger partial charge in [-0.2, -0.15) is 10.4 Å². The van der Waals surface area contributed by atoms with Crippen LogP contribution in [0.1, 0.15) is 44.4 Å². The highest BCUT2D eigenvalue weighted by Crippen LogP contribution is 2.21. The van der Waals surface area contributed by atoms with Gasteiger partial charge < -0.3 is 16.0 Å². The molecule has 2 heterocycles. The van der Waals surface area contributed by atoms with Crippen LogP contribution in [-0.4, -0.2) is 46.8 Å². The summed E-state index contributed by atoms with van der Waals surface area (Å²) < 4.78 is 1.65. The predicted octanol–water partition coefficient (Wildman–Crippen LogP) is 3.57. The van der Waals surface area contributed by atoms with Gasteiger partial charge in [0.15, 0.2) is 5.96 Å². The first-order chi connectivity index (χ1) is 14.1. The first-order valence-corrected chi connectivity index (χ1v) is 10.5. The van der Waals surface area contributed by atoms with E-state index in [4.69, 9.17) is 10.7 Å². The number of piperidine rings is 1. The number of nitrogens with two attached hydrogens (primary N) is 1. The predicted molar refractivity (Wildman–Crippen MR) is 132 cm³/mol. The molecule has 1 aromatic heterocycles. The minimum Gasteiger partial charge on any atom is -0.382 e. The molecular formula is C22H32IN7. The third-order valence-electron chi connectivity index (χ3n) is 5.36. The minimum atomic E-state index is 0. The molecule has 7 nitrogen and oxygen atoms in total. The molecule has 0 saturated carbocycles. The molecule has 0 amide bonds. The summed E-state index contributed by atoms with van der Waals surface area (Å²) in [7, 11) is 0. The van der Waals surface area contributed by atoms with Crippen molar-refractivity contribution in [1.82, 2.24) is 20.0 Å². The summed E-state index contributed by atoms with van der Waals surface area (Å²) in [5.41, 5.74) is 8.25. The Morgan fingerprint density at radius 1 is 1.30 bits per heavy atom. The van der Waals surface area contributed by atoms with Crippen molar-refractivity contribution in [2.24, 2.45) is 10.9 Å². The van der Waals surface area contributed by atoms with E-state index in [9.17, 15) is 5.26 Å². The van der Waals surface area contributed by atoms with Crippen molar-refractivity contribution >= 4 is 35.8 Å². The average Bonchev–Trinajstić information content (AvgIpc) is 3.07. The first-order valence-electron chi connectivity index (χ1n) is 10.5. The van der Waals surface area contributed by atoms with Gasteiger partial charge in [-0.1, -0.05) is 25.1 Å². The molecule has 3 N–H and O–H groups in total. The lowest BCUT2D eigenvalue weighted by Gasteiger charge is -2.33. The number of guanidine groups is 1. The number of hydrogen-bond acceptors (Lipinski definition) is 4. The fourth-order valence-corrected chi connectivity index (χ4v) is 3.62. The Kier molecular flexibility index (Phi) is 9.43. The summed E-state index contributed by atoms with van der Waals surface area (Å²) in [6, 6.07) is 11.9. The molecule has 1 saturated heterocycles. The van der Waals surface area contributed by atoms with Crippen LogP contribution in [0.25, 0.3) is 5.69 Å². The topological polar surface area (TPSA) is 95.3 Å². The summed E-state index contributed by atoms with van der Waals surface area (Å²) >= 11 is 0. The number of nitrogens with one attached hydrogen (secondary N) is 1. The summed E-state index contributed by atoms with van der Waals surface area (Å²) in [4.78, 5) is 7.16. The maximum Gasteiger partial charge on any atom is 0.193 e. The second kappa shape index (κ2) is 11.8. The van der Waals surface area contributed by atoms with Crippen molar-refractivity contribution in [2.75, 3.05) is 31.9 Å². The Morgan fingerprint density at radius 2 is 2.00 bits per heavy atom. The molecule has 1 aliphatic rings. The van der Waals surface area contributed by atoms with Crippen LogP contribution in [0.5, 0.6) is 0 Å². The number of nitrogens with zero attached hydrogens (tertiary/aromatic N) is 5. The number of halogens is 1. The van der Waals surface area contributed by atoms with Crippen molar-refractivity contribution in [1.29, 1.82) is 5.26 Å². The van der Waals surface area contributed by atoms with E-state index in [2.05, 4.69) is 35.2 Å². The second-order valence-electron chi connectivity index (χ2n) is 7.57. The molecule has 30 heavy (non-hydrogen) atoms. The quantitative estimate of drug-likeness (QED) is 0.262. The zero-order chi connectivity index (χ0) is 20.6. The Hall–Kier alpha value is -2.28. The second-order valence-corrected chi connectivity index (χ2v) is 7.57. The van der Waals surface area contributed by atoms with Crippen molar-refractivity contribution in [3.8, 4) is 11.8 Å². The third kappa shape index (κ3) is 5.88. The lowest BCUT2D eigenvalue weighted by Crippen LogP contribution is -2.45. The zero-order valence-electron chi connectivity index (χ0n) is 17.8. The van der Waals surface area contributed by atoms with E-state index in [0.717, 1.165) is 49.3 Å². The van der Waals surface area contributed by atoms with Gasteiger partial charge >= 0.3 is 0 Å². The van der Waals surface area contributed by atoms with Gasteiger partial charge in [0.1, 0.15) is 17.5 Å². The van der Waals surface area contributed by atoms with Gasteiger partial charge in [-0.25, -0.2) is 4.68 Å². The zero-order valence-corrected chi connectivity index (χ0v) is 20.2.